The Labute approximate surface area is 147 Å². The molecule has 0 aliphatic heterocycles. The van der Waals surface area contributed by atoms with Gasteiger partial charge in [-0.1, -0.05) is 90.4 Å². The van der Waals surface area contributed by atoms with Crippen LogP contribution >= 0.6 is 0 Å². The maximum atomic E-state index is 6.08. The van der Waals surface area contributed by atoms with Gasteiger partial charge in [0.25, 0.3) is 0 Å². The molecule has 23 heavy (non-hydrogen) atoms. The van der Waals surface area contributed by atoms with E-state index in [1.807, 2.05) is 0 Å². The lowest BCUT2D eigenvalue weighted by atomic mass is 9.97. The highest BCUT2D eigenvalue weighted by atomic mass is 15.0. The van der Waals surface area contributed by atoms with Gasteiger partial charge >= 0.3 is 0 Å². The fourth-order valence-electron chi connectivity index (χ4n) is 2.90. The van der Waals surface area contributed by atoms with Gasteiger partial charge in [-0.3, -0.25) is 0 Å². The summed E-state index contributed by atoms with van der Waals surface area (Å²) >= 11 is 0. The topological polar surface area (TPSA) is 38.0 Å². The minimum Gasteiger partial charge on any atom is -0.324 e. The van der Waals surface area contributed by atoms with Gasteiger partial charge in [-0.25, -0.2) is 0 Å². The van der Waals surface area contributed by atoms with Crippen LogP contribution in [0.1, 0.15) is 118 Å². The molecular formula is C21H46N2. The predicted octanol–water partition coefficient (Wildman–Crippen LogP) is 6.18. The molecule has 0 rings (SSSR count). The number of rotatable bonds is 17. The molecule has 2 nitrogen and oxygen atoms in total. The monoisotopic (exact) mass is 326 g/mol. The van der Waals surface area contributed by atoms with Crippen LogP contribution < -0.4 is 11.1 Å². The van der Waals surface area contributed by atoms with Crippen molar-refractivity contribution >= 4 is 0 Å². The Kier molecular flexibility index (Phi) is 15.4. The first kappa shape index (κ1) is 22.9. The van der Waals surface area contributed by atoms with E-state index in [9.17, 15) is 0 Å². The molecule has 0 fully saturated rings. The Balaban J connectivity index is 3.11. The molecule has 1 atom stereocenters. The molecule has 140 valence electrons. The third kappa shape index (κ3) is 16.6. The molecule has 3 N–H and O–H groups in total. The van der Waals surface area contributed by atoms with E-state index in [-0.39, 0.29) is 5.54 Å². The van der Waals surface area contributed by atoms with Crippen LogP contribution in [0.3, 0.4) is 0 Å². The number of hydrogen-bond acceptors (Lipinski definition) is 2. The van der Waals surface area contributed by atoms with Crippen LogP contribution in [0.2, 0.25) is 0 Å². The molecule has 0 aliphatic rings. The third-order valence-electron chi connectivity index (χ3n) is 5.10. The van der Waals surface area contributed by atoms with Gasteiger partial charge in [-0.05, 0) is 33.7 Å². The fraction of sp³-hybridized carbons (Fsp3) is 1.00. The first-order valence-corrected chi connectivity index (χ1v) is 10.5. The summed E-state index contributed by atoms with van der Waals surface area (Å²) in [7, 11) is 0. The average molecular weight is 327 g/mol. The highest BCUT2D eigenvalue weighted by Gasteiger charge is 2.18. The second-order valence-electron chi connectivity index (χ2n) is 8.09. The Morgan fingerprint density at radius 3 is 1.39 bits per heavy atom. The van der Waals surface area contributed by atoms with E-state index in [0.29, 0.717) is 6.04 Å². The van der Waals surface area contributed by atoms with Crippen LogP contribution in [0.25, 0.3) is 0 Å². The summed E-state index contributed by atoms with van der Waals surface area (Å²) in [6.07, 6.45) is 19.9. The number of unbranched alkanes of at least 4 members (excludes halogenated alkanes) is 13. The van der Waals surface area contributed by atoms with Crippen molar-refractivity contribution in [3.05, 3.63) is 0 Å². The molecule has 0 aromatic heterocycles. The quantitative estimate of drug-likeness (QED) is 0.313. The van der Waals surface area contributed by atoms with E-state index in [0.717, 1.165) is 6.54 Å². The maximum Gasteiger partial charge on any atom is 0.0249 e. The van der Waals surface area contributed by atoms with Crippen molar-refractivity contribution in [2.75, 3.05) is 6.54 Å². The lowest BCUT2D eigenvalue weighted by molar-refractivity contribution is 0.360. The van der Waals surface area contributed by atoms with E-state index >= 15 is 0 Å². The van der Waals surface area contributed by atoms with Crippen molar-refractivity contribution in [2.24, 2.45) is 5.73 Å². The normalized spacial score (nSPS) is 13.4. The van der Waals surface area contributed by atoms with E-state index in [4.69, 9.17) is 5.73 Å². The summed E-state index contributed by atoms with van der Waals surface area (Å²) in [5, 5.41) is 3.54. The van der Waals surface area contributed by atoms with Crippen molar-refractivity contribution in [3.8, 4) is 0 Å². The van der Waals surface area contributed by atoms with Gasteiger partial charge in [-0.15, -0.1) is 0 Å². The lowest BCUT2D eigenvalue weighted by Gasteiger charge is -2.28. The Hall–Kier alpha value is -0.0800. The first-order valence-electron chi connectivity index (χ1n) is 10.5. The minimum atomic E-state index is -0.115. The third-order valence-corrected chi connectivity index (χ3v) is 5.10. The summed E-state index contributed by atoms with van der Waals surface area (Å²) in [5.41, 5.74) is 5.96. The van der Waals surface area contributed by atoms with Gasteiger partial charge in [0.2, 0.25) is 0 Å². The summed E-state index contributed by atoms with van der Waals surface area (Å²) in [6.45, 7) is 9.77. The predicted molar refractivity (Wildman–Crippen MR) is 106 cm³/mol. The first-order chi connectivity index (χ1) is 11.0. The van der Waals surface area contributed by atoms with Gasteiger partial charge in [0.15, 0.2) is 0 Å². The second kappa shape index (κ2) is 15.4. The molecule has 2 heteroatoms. The molecule has 0 saturated carbocycles. The molecule has 0 aromatic carbocycles. The van der Waals surface area contributed by atoms with Crippen molar-refractivity contribution in [1.29, 1.82) is 0 Å². The number of hydrogen-bond donors (Lipinski definition) is 2. The van der Waals surface area contributed by atoms with Crippen LogP contribution in [0, 0.1) is 0 Å². The Morgan fingerprint density at radius 1 is 0.696 bits per heavy atom. The van der Waals surface area contributed by atoms with Crippen LogP contribution in [-0.2, 0) is 0 Å². The fourth-order valence-corrected chi connectivity index (χ4v) is 2.90. The van der Waals surface area contributed by atoms with Crippen molar-refractivity contribution in [1.82, 2.24) is 5.32 Å². The maximum absolute atomic E-state index is 6.08. The average Bonchev–Trinajstić information content (AvgIpc) is 2.50. The van der Waals surface area contributed by atoms with Gasteiger partial charge < -0.3 is 11.1 Å². The zero-order valence-electron chi connectivity index (χ0n) is 16.8. The van der Waals surface area contributed by atoms with Crippen LogP contribution in [0.15, 0.2) is 0 Å². The molecule has 0 saturated heterocycles. The summed E-state index contributed by atoms with van der Waals surface area (Å²) in [4.78, 5) is 0. The lowest BCUT2D eigenvalue weighted by Crippen LogP contribution is -2.51. The summed E-state index contributed by atoms with van der Waals surface area (Å²) < 4.78 is 0. The second-order valence-corrected chi connectivity index (χ2v) is 8.09. The van der Waals surface area contributed by atoms with E-state index < -0.39 is 0 Å². The zero-order chi connectivity index (χ0) is 17.4. The van der Waals surface area contributed by atoms with E-state index in [2.05, 4.69) is 33.0 Å². The smallest absolute Gasteiger partial charge is 0.0249 e. The number of nitrogens with two attached hydrogens (primary N) is 1. The van der Waals surface area contributed by atoms with Crippen LogP contribution in [0.4, 0.5) is 0 Å². The summed E-state index contributed by atoms with van der Waals surface area (Å²) in [6, 6.07) is 0.393. The largest absolute Gasteiger partial charge is 0.324 e. The van der Waals surface area contributed by atoms with Crippen molar-refractivity contribution < 1.29 is 0 Å². The molecule has 0 aliphatic carbocycles. The molecule has 0 heterocycles. The standard InChI is InChI=1S/C21H46N2/c1-5-6-7-8-9-10-11-12-13-14-15-16-17-18-19-23-20(2)21(3,4)22/h20,23H,5-19,22H2,1-4H3. The molecular weight excluding hydrogens is 280 g/mol. The molecule has 0 bridgehead atoms. The molecule has 0 radical (unpaired) electrons. The Morgan fingerprint density at radius 2 is 1.04 bits per heavy atom. The zero-order valence-corrected chi connectivity index (χ0v) is 16.8. The van der Waals surface area contributed by atoms with Gasteiger partial charge in [0, 0.05) is 11.6 Å². The highest BCUT2D eigenvalue weighted by Crippen LogP contribution is 2.13. The molecule has 0 amide bonds. The molecule has 0 spiro atoms. The van der Waals surface area contributed by atoms with Gasteiger partial charge in [-0.2, -0.15) is 0 Å². The van der Waals surface area contributed by atoms with Crippen LogP contribution in [0.5, 0.6) is 0 Å². The highest BCUT2D eigenvalue weighted by molar-refractivity contribution is 4.84. The van der Waals surface area contributed by atoms with Crippen molar-refractivity contribution in [3.63, 3.8) is 0 Å². The molecule has 0 aromatic rings. The van der Waals surface area contributed by atoms with Gasteiger partial charge in [0.05, 0.1) is 0 Å². The minimum absolute atomic E-state index is 0.115. The van der Waals surface area contributed by atoms with Crippen LogP contribution in [-0.4, -0.2) is 18.1 Å². The summed E-state index contributed by atoms with van der Waals surface area (Å²) in [5.74, 6) is 0. The van der Waals surface area contributed by atoms with Gasteiger partial charge in [0.1, 0.15) is 0 Å². The van der Waals surface area contributed by atoms with E-state index in [1.54, 1.807) is 0 Å². The molecule has 1 unspecified atom stereocenters. The number of nitrogens with one attached hydrogen (secondary N) is 1. The van der Waals surface area contributed by atoms with Crippen molar-refractivity contribution in [2.45, 2.75) is 129 Å². The SMILES string of the molecule is CCCCCCCCCCCCCCCCNC(C)C(C)(C)N. The van der Waals surface area contributed by atoms with E-state index in [1.165, 1.54) is 89.9 Å². The Bertz CT molecular complexity index is 232.